The molecule has 1 N–H and O–H groups in total. The standard InChI is InChI=1S/C9H12BrN/c1-3-11-8-6-4-5-7(2)9(8)10/h4-6,11H,3H2,1-2H3. The van der Waals surface area contributed by atoms with E-state index in [0.717, 1.165) is 6.54 Å². The van der Waals surface area contributed by atoms with Crippen LogP contribution in [0.2, 0.25) is 0 Å². The van der Waals surface area contributed by atoms with Crippen LogP contribution in [0.5, 0.6) is 0 Å². The van der Waals surface area contributed by atoms with Gasteiger partial charge in [-0.2, -0.15) is 0 Å². The van der Waals surface area contributed by atoms with Crippen molar-refractivity contribution in [3.8, 4) is 0 Å². The Labute approximate surface area is 75.9 Å². The highest BCUT2D eigenvalue weighted by Gasteiger charge is 1.98. The number of hydrogen-bond donors (Lipinski definition) is 1. The molecule has 0 aliphatic heterocycles. The maximum atomic E-state index is 3.52. The molecule has 0 radical (unpaired) electrons. The Morgan fingerprint density at radius 2 is 2.18 bits per heavy atom. The number of halogens is 1. The molecular weight excluding hydrogens is 202 g/mol. The maximum absolute atomic E-state index is 3.52. The fourth-order valence-corrected chi connectivity index (χ4v) is 1.38. The van der Waals surface area contributed by atoms with Crippen LogP contribution >= 0.6 is 15.9 Å². The molecule has 0 fully saturated rings. The van der Waals surface area contributed by atoms with E-state index < -0.39 is 0 Å². The molecule has 11 heavy (non-hydrogen) atoms. The van der Waals surface area contributed by atoms with E-state index >= 15 is 0 Å². The minimum absolute atomic E-state index is 0.960. The number of rotatable bonds is 2. The van der Waals surface area contributed by atoms with E-state index in [1.807, 2.05) is 0 Å². The Morgan fingerprint density at radius 3 is 2.82 bits per heavy atom. The largest absolute Gasteiger partial charge is 0.384 e. The van der Waals surface area contributed by atoms with Crippen molar-refractivity contribution in [3.05, 3.63) is 28.2 Å². The molecule has 0 saturated heterocycles. The van der Waals surface area contributed by atoms with Gasteiger partial charge in [0.1, 0.15) is 0 Å². The van der Waals surface area contributed by atoms with E-state index in [-0.39, 0.29) is 0 Å². The molecule has 0 aromatic heterocycles. The normalized spacial score (nSPS) is 9.73. The Balaban J connectivity index is 2.96. The summed E-state index contributed by atoms with van der Waals surface area (Å²) in [6, 6.07) is 6.21. The lowest BCUT2D eigenvalue weighted by Crippen LogP contribution is -1.97. The SMILES string of the molecule is CCNc1cccc(C)c1Br. The summed E-state index contributed by atoms with van der Waals surface area (Å²) in [4.78, 5) is 0. The molecule has 0 amide bonds. The van der Waals surface area contributed by atoms with Gasteiger partial charge in [-0.25, -0.2) is 0 Å². The Bertz CT molecular complexity index is 245. The zero-order valence-electron chi connectivity index (χ0n) is 6.82. The van der Waals surface area contributed by atoms with Crippen molar-refractivity contribution in [1.29, 1.82) is 0 Å². The summed E-state index contributed by atoms with van der Waals surface area (Å²) in [7, 11) is 0. The molecule has 1 aromatic rings. The van der Waals surface area contributed by atoms with Crippen LogP contribution in [0.25, 0.3) is 0 Å². The van der Waals surface area contributed by atoms with Gasteiger partial charge in [-0.3, -0.25) is 0 Å². The lowest BCUT2D eigenvalue weighted by molar-refractivity contribution is 1.20. The van der Waals surface area contributed by atoms with Crippen LogP contribution in [0.4, 0.5) is 5.69 Å². The van der Waals surface area contributed by atoms with Crippen LogP contribution in [0.3, 0.4) is 0 Å². The lowest BCUT2D eigenvalue weighted by atomic mass is 10.2. The van der Waals surface area contributed by atoms with E-state index in [1.54, 1.807) is 0 Å². The van der Waals surface area contributed by atoms with Gasteiger partial charge in [0.2, 0.25) is 0 Å². The van der Waals surface area contributed by atoms with Crippen LogP contribution in [-0.2, 0) is 0 Å². The molecular formula is C9H12BrN. The molecule has 1 nitrogen and oxygen atoms in total. The van der Waals surface area contributed by atoms with Gasteiger partial charge in [0.15, 0.2) is 0 Å². The van der Waals surface area contributed by atoms with E-state index in [9.17, 15) is 0 Å². The van der Waals surface area contributed by atoms with Crippen LogP contribution in [0, 0.1) is 6.92 Å². The summed E-state index contributed by atoms with van der Waals surface area (Å²) in [6.07, 6.45) is 0. The first-order valence-corrected chi connectivity index (χ1v) is 4.54. The molecule has 1 rings (SSSR count). The minimum Gasteiger partial charge on any atom is -0.384 e. The van der Waals surface area contributed by atoms with Crippen molar-refractivity contribution < 1.29 is 0 Å². The number of benzene rings is 1. The van der Waals surface area contributed by atoms with Gasteiger partial charge < -0.3 is 5.32 Å². The van der Waals surface area contributed by atoms with Gasteiger partial charge >= 0.3 is 0 Å². The number of aryl methyl sites for hydroxylation is 1. The molecule has 1 aromatic carbocycles. The van der Waals surface area contributed by atoms with Gasteiger partial charge in [-0.1, -0.05) is 12.1 Å². The molecule has 0 atom stereocenters. The Morgan fingerprint density at radius 1 is 1.45 bits per heavy atom. The lowest BCUT2D eigenvalue weighted by Gasteiger charge is -2.07. The number of nitrogens with one attached hydrogen (secondary N) is 1. The summed E-state index contributed by atoms with van der Waals surface area (Å²) in [5, 5.41) is 3.27. The summed E-state index contributed by atoms with van der Waals surface area (Å²) < 4.78 is 1.17. The van der Waals surface area contributed by atoms with Gasteiger partial charge in [0.25, 0.3) is 0 Å². The molecule has 2 heteroatoms. The van der Waals surface area contributed by atoms with Crippen molar-refractivity contribution in [3.63, 3.8) is 0 Å². The van der Waals surface area contributed by atoms with Crippen LogP contribution in [0.15, 0.2) is 22.7 Å². The predicted octanol–water partition coefficient (Wildman–Crippen LogP) is 3.19. The Hall–Kier alpha value is -0.500. The second-order valence-corrected chi connectivity index (χ2v) is 3.26. The molecule has 0 saturated carbocycles. The molecule has 0 spiro atoms. The van der Waals surface area contributed by atoms with E-state index in [2.05, 4.69) is 53.3 Å². The first-order chi connectivity index (χ1) is 5.25. The second kappa shape index (κ2) is 3.77. The molecule has 0 unspecified atom stereocenters. The third-order valence-corrected chi connectivity index (χ3v) is 2.61. The summed E-state index contributed by atoms with van der Waals surface area (Å²) >= 11 is 3.52. The first kappa shape index (κ1) is 8.60. The van der Waals surface area contributed by atoms with Crippen molar-refractivity contribution in [2.75, 3.05) is 11.9 Å². The zero-order valence-corrected chi connectivity index (χ0v) is 8.40. The average molecular weight is 214 g/mol. The quantitative estimate of drug-likeness (QED) is 0.797. The summed E-state index contributed by atoms with van der Waals surface area (Å²) in [5.74, 6) is 0. The molecule has 0 aliphatic rings. The van der Waals surface area contributed by atoms with Crippen LogP contribution in [0.1, 0.15) is 12.5 Å². The zero-order chi connectivity index (χ0) is 8.27. The highest BCUT2D eigenvalue weighted by Crippen LogP contribution is 2.25. The van der Waals surface area contributed by atoms with Gasteiger partial charge in [-0.05, 0) is 41.4 Å². The third-order valence-electron chi connectivity index (χ3n) is 1.56. The van der Waals surface area contributed by atoms with E-state index in [4.69, 9.17) is 0 Å². The number of hydrogen-bond acceptors (Lipinski definition) is 1. The van der Waals surface area contributed by atoms with Crippen molar-refractivity contribution in [1.82, 2.24) is 0 Å². The fourth-order valence-electron chi connectivity index (χ4n) is 0.974. The van der Waals surface area contributed by atoms with Gasteiger partial charge in [-0.15, -0.1) is 0 Å². The van der Waals surface area contributed by atoms with Crippen LogP contribution in [-0.4, -0.2) is 6.54 Å². The highest BCUT2D eigenvalue weighted by atomic mass is 79.9. The third kappa shape index (κ3) is 1.96. The van der Waals surface area contributed by atoms with Crippen molar-refractivity contribution in [2.45, 2.75) is 13.8 Å². The minimum atomic E-state index is 0.960. The molecule has 0 heterocycles. The average Bonchev–Trinajstić information content (AvgIpc) is 1.99. The van der Waals surface area contributed by atoms with Gasteiger partial charge in [0.05, 0.1) is 0 Å². The first-order valence-electron chi connectivity index (χ1n) is 3.74. The van der Waals surface area contributed by atoms with Crippen molar-refractivity contribution in [2.24, 2.45) is 0 Å². The molecule has 60 valence electrons. The smallest absolute Gasteiger partial charge is 0.0487 e. The second-order valence-electron chi connectivity index (χ2n) is 2.47. The topological polar surface area (TPSA) is 12.0 Å². The Kier molecular flexibility index (Phi) is 2.94. The number of anilines is 1. The molecule has 0 bridgehead atoms. The van der Waals surface area contributed by atoms with Crippen LogP contribution < -0.4 is 5.32 Å². The van der Waals surface area contributed by atoms with E-state index in [0.29, 0.717) is 0 Å². The summed E-state index contributed by atoms with van der Waals surface area (Å²) in [6.45, 7) is 5.14. The highest BCUT2D eigenvalue weighted by molar-refractivity contribution is 9.10. The molecule has 0 aliphatic carbocycles. The maximum Gasteiger partial charge on any atom is 0.0487 e. The van der Waals surface area contributed by atoms with E-state index in [1.165, 1.54) is 15.7 Å². The summed E-state index contributed by atoms with van der Waals surface area (Å²) in [5.41, 5.74) is 2.44. The predicted molar refractivity (Wildman–Crippen MR) is 53.0 cm³/mol. The fraction of sp³-hybridized carbons (Fsp3) is 0.333. The van der Waals surface area contributed by atoms with Crippen molar-refractivity contribution >= 4 is 21.6 Å². The van der Waals surface area contributed by atoms with Gasteiger partial charge in [0, 0.05) is 16.7 Å². The monoisotopic (exact) mass is 213 g/mol.